The Bertz CT molecular complexity index is 206. The molecule has 0 atom stereocenters. The molecule has 1 heterocycles. The van der Waals surface area contributed by atoms with Crippen molar-refractivity contribution in [3.05, 3.63) is 41.7 Å². The minimum atomic E-state index is 0.810. The Morgan fingerprint density at radius 1 is 1.50 bits per heavy atom. The van der Waals surface area contributed by atoms with Gasteiger partial charge in [-0.2, -0.15) is 0 Å². The van der Waals surface area contributed by atoms with E-state index in [1.54, 1.807) is 6.20 Å². The van der Waals surface area contributed by atoms with Gasteiger partial charge in [-0.3, -0.25) is 4.98 Å². The lowest BCUT2D eigenvalue weighted by Gasteiger charge is -1.90. The van der Waals surface area contributed by atoms with Gasteiger partial charge >= 0.3 is 0 Å². The summed E-state index contributed by atoms with van der Waals surface area (Å²) in [4.78, 5) is 4.11. The van der Waals surface area contributed by atoms with Gasteiger partial charge in [0.15, 0.2) is 0 Å². The predicted molar refractivity (Wildman–Crippen MR) is 42.9 cm³/mol. The first-order valence-corrected chi connectivity index (χ1v) is 3.52. The van der Waals surface area contributed by atoms with Crippen LogP contribution in [0.1, 0.15) is 5.69 Å². The number of halogens is 1. The first-order valence-electron chi connectivity index (χ1n) is 3.08. The predicted octanol–water partition coefficient (Wildman–Crippen LogP) is 2.38. The highest BCUT2D eigenvalue weighted by Crippen LogP contribution is 1.95. The molecule has 0 aromatic carbocycles. The maximum absolute atomic E-state index is 5.34. The second kappa shape index (κ2) is 4.07. The second-order valence-electron chi connectivity index (χ2n) is 1.89. The van der Waals surface area contributed by atoms with Crippen molar-refractivity contribution in [2.75, 3.05) is 0 Å². The first kappa shape index (κ1) is 7.29. The standard InChI is InChI=1S/C8H8ClN/c9-6-3-5-8-4-1-2-7-10-8/h1-4,6-7H,5H2. The molecule has 0 fully saturated rings. The zero-order valence-electron chi connectivity index (χ0n) is 5.50. The van der Waals surface area contributed by atoms with Crippen molar-refractivity contribution in [3.63, 3.8) is 0 Å². The van der Waals surface area contributed by atoms with Crippen LogP contribution in [0, 0.1) is 0 Å². The molecule has 0 spiro atoms. The molecule has 52 valence electrons. The Morgan fingerprint density at radius 3 is 3.00 bits per heavy atom. The van der Waals surface area contributed by atoms with Gasteiger partial charge in [-0.15, -0.1) is 0 Å². The molecule has 2 heteroatoms. The summed E-state index contributed by atoms with van der Waals surface area (Å²) in [6.45, 7) is 0. The Labute approximate surface area is 65.4 Å². The summed E-state index contributed by atoms with van der Waals surface area (Å²) in [7, 11) is 0. The van der Waals surface area contributed by atoms with Crippen LogP contribution >= 0.6 is 11.6 Å². The fourth-order valence-electron chi connectivity index (χ4n) is 0.684. The number of allylic oxidation sites excluding steroid dienone is 1. The third-order valence-corrected chi connectivity index (χ3v) is 1.32. The van der Waals surface area contributed by atoms with Crippen molar-refractivity contribution in [1.29, 1.82) is 0 Å². The summed E-state index contributed by atoms with van der Waals surface area (Å²) in [6, 6.07) is 5.83. The van der Waals surface area contributed by atoms with E-state index in [0.29, 0.717) is 0 Å². The van der Waals surface area contributed by atoms with Crippen LogP contribution in [-0.4, -0.2) is 4.98 Å². The van der Waals surface area contributed by atoms with E-state index in [1.165, 1.54) is 5.54 Å². The van der Waals surface area contributed by atoms with E-state index in [-0.39, 0.29) is 0 Å². The Kier molecular flexibility index (Phi) is 2.97. The molecule has 0 aliphatic rings. The van der Waals surface area contributed by atoms with Gasteiger partial charge in [-0.1, -0.05) is 23.7 Å². The highest BCUT2D eigenvalue weighted by molar-refractivity contribution is 6.25. The molecule has 0 saturated heterocycles. The third kappa shape index (κ3) is 2.19. The summed E-state index contributed by atoms with van der Waals surface area (Å²) in [5.74, 6) is 0. The Hall–Kier alpha value is -0.820. The molecule has 1 aromatic rings. The van der Waals surface area contributed by atoms with E-state index in [2.05, 4.69) is 4.98 Å². The summed E-state index contributed by atoms with van der Waals surface area (Å²) >= 11 is 5.34. The molecule has 0 aliphatic heterocycles. The first-order chi connectivity index (χ1) is 4.93. The molecule has 10 heavy (non-hydrogen) atoms. The largest absolute Gasteiger partial charge is 0.261 e. The fraction of sp³-hybridized carbons (Fsp3) is 0.125. The van der Waals surface area contributed by atoms with E-state index in [1.807, 2.05) is 24.3 Å². The number of hydrogen-bond donors (Lipinski definition) is 0. The van der Waals surface area contributed by atoms with Crippen LogP contribution in [-0.2, 0) is 6.42 Å². The van der Waals surface area contributed by atoms with E-state index in [4.69, 9.17) is 11.6 Å². The van der Waals surface area contributed by atoms with E-state index >= 15 is 0 Å². The topological polar surface area (TPSA) is 12.9 Å². The van der Waals surface area contributed by atoms with Crippen LogP contribution in [0.3, 0.4) is 0 Å². The summed E-state index contributed by atoms with van der Waals surface area (Å²) in [6.07, 6.45) is 4.45. The number of nitrogens with zero attached hydrogens (tertiary/aromatic N) is 1. The summed E-state index contributed by atoms with van der Waals surface area (Å²) in [5.41, 5.74) is 2.55. The molecule has 0 amide bonds. The SMILES string of the molecule is ClC=CCc1ccccn1. The molecular formula is C8H8ClN. The number of hydrogen-bond acceptors (Lipinski definition) is 1. The van der Waals surface area contributed by atoms with Crippen LogP contribution < -0.4 is 0 Å². The zero-order chi connectivity index (χ0) is 7.23. The Morgan fingerprint density at radius 2 is 2.40 bits per heavy atom. The van der Waals surface area contributed by atoms with E-state index in [0.717, 1.165) is 12.1 Å². The molecule has 0 saturated carbocycles. The van der Waals surface area contributed by atoms with Crippen LogP contribution in [0.5, 0.6) is 0 Å². The molecule has 0 N–H and O–H groups in total. The molecule has 0 unspecified atom stereocenters. The molecule has 0 bridgehead atoms. The lowest BCUT2D eigenvalue weighted by molar-refractivity contribution is 1.11. The smallest absolute Gasteiger partial charge is 0.0441 e. The van der Waals surface area contributed by atoms with Crippen molar-refractivity contribution >= 4 is 11.6 Å². The van der Waals surface area contributed by atoms with Gasteiger partial charge in [0.1, 0.15) is 0 Å². The van der Waals surface area contributed by atoms with Crippen LogP contribution in [0.2, 0.25) is 0 Å². The normalized spacial score (nSPS) is 10.5. The van der Waals surface area contributed by atoms with E-state index in [9.17, 15) is 0 Å². The maximum atomic E-state index is 5.34. The fourth-order valence-corrected chi connectivity index (χ4v) is 0.773. The van der Waals surface area contributed by atoms with Crippen LogP contribution in [0.4, 0.5) is 0 Å². The second-order valence-corrected chi connectivity index (χ2v) is 2.14. The zero-order valence-corrected chi connectivity index (χ0v) is 6.25. The van der Waals surface area contributed by atoms with Crippen LogP contribution in [0.15, 0.2) is 36.0 Å². The number of pyridine rings is 1. The number of aromatic nitrogens is 1. The lowest BCUT2D eigenvalue weighted by atomic mass is 10.3. The van der Waals surface area contributed by atoms with Gasteiger partial charge in [0.25, 0.3) is 0 Å². The maximum Gasteiger partial charge on any atom is 0.0441 e. The van der Waals surface area contributed by atoms with Crippen molar-refractivity contribution in [3.8, 4) is 0 Å². The molecule has 0 aliphatic carbocycles. The van der Waals surface area contributed by atoms with Gasteiger partial charge in [0.2, 0.25) is 0 Å². The van der Waals surface area contributed by atoms with Gasteiger partial charge in [-0.25, -0.2) is 0 Å². The van der Waals surface area contributed by atoms with Crippen molar-refractivity contribution in [1.82, 2.24) is 4.98 Å². The van der Waals surface area contributed by atoms with Gasteiger partial charge in [-0.05, 0) is 12.1 Å². The van der Waals surface area contributed by atoms with Crippen molar-refractivity contribution in [2.24, 2.45) is 0 Å². The molecule has 0 radical (unpaired) electrons. The monoisotopic (exact) mass is 153 g/mol. The van der Waals surface area contributed by atoms with Crippen LogP contribution in [0.25, 0.3) is 0 Å². The molecule has 1 aromatic heterocycles. The quantitative estimate of drug-likeness (QED) is 0.636. The minimum Gasteiger partial charge on any atom is -0.261 e. The highest BCUT2D eigenvalue weighted by Gasteiger charge is 1.85. The van der Waals surface area contributed by atoms with Crippen molar-refractivity contribution < 1.29 is 0 Å². The Balaban J connectivity index is 2.59. The molecular weight excluding hydrogens is 146 g/mol. The van der Waals surface area contributed by atoms with Gasteiger partial charge in [0, 0.05) is 23.8 Å². The number of rotatable bonds is 2. The average Bonchev–Trinajstić information content (AvgIpc) is 2.03. The lowest BCUT2D eigenvalue weighted by Crippen LogP contribution is -1.83. The minimum absolute atomic E-state index is 0.810. The third-order valence-electron chi connectivity index (χ3n) is 1.14. The molecule has 1 rings (SSSR count). The van der Waals surface area contributed by atoms with Gasteiger partial charge in [0.05, 0.1) is 0 Å². The van der Waals surface area contributed by atoms with Gasteiger partial charge < -0.3 is 0 Å². The van der Waals surface area contributed by atoms with Crippen molar-refractivity contribution in [2.45, 2.75) is 6.42 Å². The molecule has 1 nitrogen and oxygen atoms in total. The average molecular weight is 154 g/mol. The summed E-state index contributed by atoms with van der Waals surface area (Å²) in [5, 5.41) is 0. The highest BCUT2D eigenvalue weighted by atomic mass is 35.5. The summed E-state index contributed by atoms with van der Waals surface area (Å²) < 4.78 is 0. The van der Waals surface area contributed by atoms with E-state index < -0.39 is 0 Å².